The Morgan fingerprint density at radius 2 is 1.43 bits per heavy atom. The van der Waals surface area contributed by atoms with E-state index in [0.717, 1.165) is 32.1 Å². The summed E-state index contributed by atoms with van der Waals surface area (Å²) in [7, 11) is -4.10. The van der Waals surface area contributed by atoms with Crippen LogP contribution in [-0.4, -0.2) is 44.3 Å². The molecule has 1 atom stereocenters. The second-order valence-electron chi connectivity index (χ2n) is 10.9. The van der Waals surface area contributed by atoms with E-state index in [1.807, 2.05) is 71.9 Å². The molecule has 3 aromatic rings. The molecule has 2 amide bonds. The van der Waals surface area contributed by atoms with Crippen LogP contribution in [0.2, 0.25) is 0 Å². The summed E-state index contributed by atoms with van der Waals surface area (Å²) < 4.78 is 29.1. The topological polar surface area (TPSA) is 86.8 Å². The number of carbonyl (C=O) groups excluding carboxylic acids is 2. The van der Waals surface area contributed by atoms with Gasteiger partial charge in [-0.2, -0.15) is 0 Å². The summed E-state index contributed by atoms with van der Waals surface area (Å²) >= 11 is 0. The molecule has 0 saturated heterocycles. The van der Waals surface area contributed by atoms with Crippen LogP contribution in [0, 0.1) is 33.6 Å². The van der Waals surface area contributed by atoms with E-state index >= 15 is 0 Å². The third kappa shape index (κ3) is 7.72. The van der Waals surface area contributed by atoms with Gasteiger partial charge in [0.05, 0.1) is 10.6 Å². The number of carbonyl (C=O) groups is 2. The Morgan fingerprint density at radius 3 is 2.00 bits per heavy atom. The summed E-state index contributed by atoms with van der Waals surface area (Å²) in [4.78, 5) is 28.8. The van der Waals surface area contributed by atoms with Crippen molar-refractivity contribution in [2.24, 2.45) is 5.92 Å². The molecule has 3 rings (SSSR count). The first kappa shape index (κ1) is 30.9. The summed E-state index contributed by atoms with van der Waals surface area (Å²) in [6.07, 6.45) is 0. The molecule has 214 valence electrons. The zero-order chi connectivity index (χ0) is 29.6. The van der Waals surface area contributed by atoms with Gasteiger partial charge in [-0.1, -0.05) is 61.9 Å². The predicted molar refractivity (Wildman–Crippen MR) is 161 cm³/mol. The van der Waals surface area contributed by atoms with E-state index in [2.05, 4.69) is 5.32 Å². The number of benzene rings is 3. The number of aryl methyl sites for hydroxylation is 4. The molecule has 0 bridgehead atoms. The summed E-state index contributed by atoms with van der Waals surface area (Å²) in [6.45, 7) is 13.5. The van der Waals surface area contributed by atoms with E-state index in [1.165, 1.54) is 4.90 Å². The van der Waals surface area contributed by atoms with Crippen LogP contribution in [0.1, 0.15) is 48.6 Å². The maximum Gasteiger partial charge on any atom is 0.264 e. The third-order valence-corrected chi connectivity index (χ3v) is 8.62. The minimum absolute atomic E-state index is 0.0956. The first-order valence-corrected chi connectivity index (χ1v) is 15.0. The molecular weight excluding hydrogens is 522 g/mol. The van der Waals surface area contributed by atoms with Gasteiger partial charge in [0.25, 0.3) is 10.0 Å². The van der Waals surface area contributed by atoms with Gasteiger partial charge in [0.2, 0.25) is 11.8 Å². The molecule has 0 heterocycles. The summed E-state index contributed by atoms with van der Waals surface area (Å²) in [5.74, 6) is -0.503. The van der Waals surface area contributed by atoms with Crippen LogP contribution in [0.15, 0.2) is 71.6 Å². The lowest BCUT2D eigenvalue weighted by molar-refractivity contribution is -0.139. The second kappa shape index (κ2) is 13.1. The minimum Gasteiger partial charge on any atom is -0.354 e. The Bertz CT molecular complexity index is 1430. The van der Waals surface area contributed by atoms with E-state index in [1.54, 1.807) is 43.3 Å². The highest BCUT2D eigenvalue weighted by Crippen LogP contribution is 2.27. The van der Waals surface area contributed by atoms with Gasteiger partial charge < -0.3 is 10.2 Å². The van der Waals surface area contributed by atoms with Crippen molar-refractivity contribution >= 4 is 27.5 Å². The minimum atomic E-state index is -4.10. The van der Waals surface area contributed by atoms with Crippen LogP contribution in [0.5, 0.6) is 0 Å². The van der Waals surface area contributed by atoms with Crippen molar-refractivity contribution in [1.29, 1.82) is 0 Å². The Labute approximate surface area is 239 Å². The number of nitrogens with one attached hydrogen (secondary N) is 1. The molecule has 1 N–H and O–H groups in total. The van der Waals surface area contributed by atoms with Crippen LogP contribution in [-0.2, 0) is 26.2 Å². The lowest BCUT2D eigenvalue weighted by Crippen LogP contribution is -2.51. The van der Waals surface area contributed by atoms with Crippen LogP contribution in [0.3, 0.4) is 0 Å². The Hall–Kier alpha value is -3.65. The molecule has 0 unspecified atom stereocenters. The zero-order valence-electron chi connectivity index (χ0n) is 24.6. The molecule has 0 aliphatic carbocycles. The maximum atomic E-state index is 14.1. The van der Waals surface area contributed by atoms with Crippen LogP contribution >= 0.6 is 0 Å². The number of rotatable bonds is 11. The number of amides is 2. The fourth-order valence-corrected chi connectivity index (χ4v) is 5.86. The molecule has 7 nitrogen and oxygen atoms in total. The first-order valence-electron chi connectivity index (χ1n) is 13.6. The van der Waals surface area contributed by atoms with Gasteiger partial charge in [0.15, 0.2) is 0 Å². The van der Waals surface area contributed by atoms with Crippen molar-refractivity contribution in [3.63, 3.8) is 0 Å². The van der Waals surface area contributed by atoms with E-state index in [-0.39, 0.29) is 23.3 Å². The average Bonchev–Trinajstić information content (AvgIpc) is 2.88. The number of hydrogen-bond acceptors (Lipinski definition) is 4. The number of sulfonamides is 1. The van der Waals surface area contributed by atoms with Crippen LogP contribution < -0.4 is 9.62 Å². The number of hydrogen-bond donors (Lipinski definition) is 1. The van der Waals surface area contributed by atoms with E-state index in [9.17, 15) is 18.0 Å². The van der Waals surface area contributed by atoms with E-state index < -0.39 is 28.5 Å². The summed E-state index contributed by atoms with van der Waals surface area (Å²) in [5.41, 5.74) is 4.96. The molecule has 0 aromatic heterocycles. The molecule has 0 radical (unpaired) electrons. The van der Waals surface area contributed by atoms with Gasteiger partial charge in [-0.25, -0.2) is 8.42 Å². The monoisotopic (exact) mass is 563 g/mol. The van der Waals surface area contributed by atoms with Gasteiger partial charge in [-0.3, -0.25) is 13.9 Å². The Balaban J connectivity index is 2.06. The van der Waals surface area contributed by atoms with Crippen molar-refractivity contribution in [2.75, 3.05) is 17.4 Å². The largest absolute Gasteiger partial charge is 0.354 e. The zero-order valence-corrected chi connectivity index (χ0v) is 25.4. The van der Waals surface area contributed by atoms with Crippen molar-refractivity contribution in [3.05, 3.63) is 94.5 Å². The van der Waals surface area contributed by atoms with Gasteiger partial charge in [0, 0.05) is 13.1 Å². The van der Waals surface area contributed by atoms with Crippen molar-refractivity contribution in [3.8, 4) is 0 Å². The standard InChI is InChI=1S/C32H41N3O4S/c1-22(2)19-33-32(37)27(7)34(20-28-11-9-8-10-26(28)6)31(36)21-35(29-17-24(4)16-25(5)18-29)40(38,39)30-14-12-23(3)13-15-30/h8-18,22,27H,19-21H2,1-7H3,(H,33,37)/t27-/m0/s1. The molecule has 40 heavy (non-hydrogen) atoms. The highest BCUT2D eigenvalue weighted by Gasteiger charge is 2.33. The molecule has 0 aliphatic rings. The molecule has 0 fully saturated rings. The summed E-state index contributed by atoms with van der Waals surface area (Å²) in [5, 5.41) is 2.91. The molecule has 0 aliphatic heterocycles. The molecule has 0 saturated carbocycles. The number of anilines is 1. The van der Waals surface area contributed by atoms with E-state index in [4.69, 9.17) is 0 Å². The van der Waals surface area contributed by atoms with Crippen molar-refractivity contribution in [1.82, 2.24) is 10.2 Å². The molecular formula is C32H41N3O4S. The second-order valence-corrected chi connectivity index (χ2v) is 12.8. The van der Waals surface area contributed by atoms with Crippen LogP contribution in [0.25, 0.3) is 0 Å². The highest BCUT2D eigenvalue weighted by molar-refractivity contribution is 7.92. The Kier molecular flexibility index (Phi) is 10.1. The smallest absolute Gasteiger partial charge is 0.264 e. The predicted octanol–water partition coefficient (Wildman–Crippen LogP) is 5.31. The van der Waals surface area contributed by atoms with Gasteiger partial charge in [0.1, 0.15) is 12.6 Å². The van der Waals surface area contributed by atoms with E-state index in [0.29, 0.717) is 12.2 Å². The molecule has 0 spiro atoms. The van der Waals surface area contributed by atoms with Crippen molar-refractivity contribution < 1.29 is 18.0 Å². The third-order valence-electron chi connectivity index (χ3n) is 6.84. The molecule has 8 heteroatoms. The fraction of sp³-hybridized carbons (Fsp3) is 0.375. The SMILES string of the molecule is Cc1ccc(S(=O)(=O)N(CC(=O)N(Cc2ccccc2C)[C@@H](C)C(=O)NCC(C)C)c2cc(C)cc(C)c2)cc1. The summed E-state index contributed by atoms with van der Waals surface area (Å²) in [6, 6.07) is 18.9. The fourth-order valence-electron chi connectivity index (χ4n) is 4.47. The quantitative estimate of drug-likeness (QED) is 0.343. The lowest BCUT2D eigenvalue weighted by Gasteiger charge is -2.32. The lowest BCUT2D eigenvalue weighted by atomic mass is 10.1. The van der Waals surface area contributed by atoms with Gasteiger partial charge >= 0.3 is 0 Å². The average molecular weight is 564 g/mol. The molecule has 3 aromatic carbocycles. The highest BCUT2D eigenvalue weighted by atomic mass is 32.2. The normalized spacial score (nSPS) is 12.2. The number of nitrogens with zero attached hydrogens (tertiary/aromatic N) is 2. The van der Waals surface area contributed by atoms with Gasteiger partial charge in [-0.05, 0) is 87.1 Å². The van der Waals surface area contributed by atoms with Crippen molar-refractivity contribution in [2.45, 2.75) is 65.9 Å². The Morgan fingerprint density at radius 1 is 0.825 bits per heavy atom. The maximum absolute atomic E-state index is 14.1. The van der Waals surface area contributed by atoms with Crippen LogP contribution in [0.4, 0.5) is 5.69 Å². The van der Waals surface area contributed by atoms with Gasteiger partial charge in [-0.15, -0.1) is 0 Å². The first-order chi connectivity index (χ1) is 18.8.